The molecule has 6 atom stereocenters. The van der Waals surface area contributed by atoms with Crippen LogP contribution in [0, 0.1) is 23.7 Å². The molecule has 0 spiro atoms. The predicted molar refractivity (Wildman–Crippen MR) is 154 cm³/mol. The van der Waals surface area contributed by atoms with E-state index in [1.165, 1.54) is 6.08 Å². The zero-order valence-electron chi connectivity index (χ0n) is 24.4. The van der Waals surface area contributed by atoms with E-state index in [0.717, 1.165) is 34.5 Å². The number of carbonyl (C=O) groups excluding carboxylic acids is 5. The summed E-state index contributed by atoms with van der Waals surface area (Å²) in [5.74, 6) is -13.2. The second-order valence-electron chi connectivity index (χ2n) is 10.3. The molecule has 0 amide bonds. The van der Waals surface area contributed by atoms with Gasteiger partial charge in [-0.25, -0.2) is 9.59 Å². The Balaban J connectivity index is 1.98. The van der Waals surface area contributed by atoms with E-state index in [1.54, 1.807) is 54.6 Å². The summed E-state index contributed by atoms with van der Waals surface area (Å²) >= 11 is 5.92. The highest BCUT2D eigenvalue weighted by molar-refractivity contribution is 6.30. The molecule has 1 saturated carbocycles. The third-order valence-electron chi connectivity index (χ3n) is 8.14. The van der Waals surface area contributed by atoms with Crippen molar-refractivity contribution in [2.24, 2.45) is 23.7 Å². The van der Waals surface area contributed by atoms with Gasteiger partial charge in [0, 0.05) is 22.9 Å². The normalized spacial score (nSPS) is 26.0. The second kappa shape index (κ2) is 13.4. The van der Waals surface area contributed by atoms with Crippen LogP contribution in [0.4, 0.5) is 0 Å². The lowest BCUT2D eigenvalue weighted by Gasteiger charge is -2.55. The van der Waals surface area contributed by atoms with Gasteiger partial charge in [0.1, 0.15) is 17.3 Å². The molecule has 0 heterocycles. The lowest BCUT2D eigenvalue weighted by atomic mass is 9.49. The van der Waals surface area contributed by atoms with Crippen LogP contribution in [0.15, 0.2) is 72.0 Å². The van der Waals surface area contributed by atoms with Gasteiger partial charge < -0.3 is 28.8 Å². The van der Waals surface area contributed by atoms with E-state index in [0.29, 0.717) is 16.1 Å². The molecule has 2 aliphatic rings. The fourth-order valence-electron chi connectivity index (χ4n) is 6.33. The highest BCUT2D eigenvalue weighted by Crippen LogP contribution is 2.60. The molecule has 1 N–H and O–H groups in total. The Labute approximate surface area is 258 Å². The number of fused-ring (bicyclic) bond motifs is 2. The standard InChI is InChI=1S/C32H31ClO11/c1-40-28(35)23-21-16-20(18-8-6-5-7-9-18)24(29(36)41-2)32(39,25(21)30(37)42-3)26(31(38)43-4)27(23)44-22(34)15-12-17-10-13-19(33)14-11-17/h5-15,20-21,24-26,39H,16H2,1-4H3/b15-12+/t20-,21-,24+,25+,26?,32+/m0/s1. The molecular formula is C32H31ClO11. The summed E-state index contributed by atoms with van der Waals surface area (Å²) in [5, 5.41) is 13.2. The molecule has 12 heteroatoms. The molecule has 1 unspecified atom stereocenters. The van der Waals surface area contributed by atoms with E-state index in [2.05, 4.69) is 0 Å². The Kier molecular flexibility index (Phi) is 9.91. The van der Waals surface area contributed by atoms with E-state index < -0.39 is 70.8 Å². The summed E-state index contributed by atoms with van der Waals surface area (Å²) in [6.45, 7) is 0. The van der Waals surface area contributed by atoms with Crippen molar-refractivity contribution in [1.29, 1.82) is 0 Å². The minimum absolute atomic E-state index is 0.0914. The van der Waals surface area contributed by atoms with Crippen LogP contribution in [0.2, 0.25) is 5.02 Å². The van der Waals surface area contributed by atoms with E-state index in [9.17, 15) is 29.1 Å². The van der Waals surface area contributed by atoms with Crippen molar-refractivity contribution in [2.45, 2.75) is 17.9 Å². The van der Waals surface area contributed by atoms with Crippen molar-refractivity contribution in [2.75, 3.05) is 28.4 Å². The molecular weight excluding hydrogens is 596 g/mol. The first-order valence-electron chi connectivity index (χ1n) is 13.5. The maximum Gasteiger partial charge on any atom is 0.337 e. The van der Waals surface area contributed by atoms with Gasteiger partial charge in [-0.2, -0.15) is 0 Å². The molecule has 2 aromatic rings. The minimum Gasteiger partial charge on any atom is -0.469 e. The number of aliphatic hydroxyl groups is 1. The zero-order valence-corrected chi connectivity index (χ0v) is 25.1. The largest absolute Gasteiger partial charge is 0.469 e. The van der Waals surface area contributed by atoms with E-state index >= 15 is 0 Å². The number of hydrogen-bond acceptors (Lipinski definition) is 11. The van der Waals surface area contributed by atoms with Crippen LogP contribution >= 0.6 is 11.6 Å². The van der Waals surface area contributed by atoms with E-state index in [4.69, 9.17) is 35.3 Å². The topological polar surface area (TPSA) is 152 Å². The van der Waals surface area contributed by atoms with Crippen molar-refractivity contribution < 1.29 is 52.8 Å². The zero-order chi connectivity index (χ0) is 32.2. The molecule has 1 fully saturated rings. The molecule has 2 aromatic carbocycles. The molecule has 0 saturated heterocycles. The molecule has 2 bridgehead atoms. The summed E-state index contributed by atoms with van der Waals surface area (Å²) in [6, 6.07) is 15.1. The Morgan fingerprint density at radius 1 is 0.795 bits per heavy atom. The van der Waals surface area contributed by atoms with Gasteiger partial charge >= 0.3 is 29.8 Å². The number of rotatable bonds is 8. The van der Waals surface area contributed by atoms with Gasteiger partial charge in [-0.3, -0.25) is 14.4 Å². The maximum atomic E-state index is 13.6. The molecule has 232 valence electrons. The summed E-state index contributed by atoms with van der Waals surface area (Å²) in [6.07, 6.45) is 2.35. The smallest absolute Gasteiger partial charge is 0.337 e. The Morgan fingerprint density at radius 2 is 1.36 bits per heavy atom. The highest BCUT2D eigenvalue weighted by Gasteiger charge is 2.71. The van der Waals surface area contributed by atoms with Gasteiger partial charge in [0.2, 0.25) is 0 Å². The lowest BCUT2D eigenvalue weighted by molar-refractivity contribution is -0.208. The van der Waals surface area contributed by atoms with Crippen molar-refractivity contribution in [3.63, 3.8) is 0 Å². The number of esters is 5. The summed E-state index contributed by atoms with van der Waals surface area (Å²) < 4.78 is 25.8. The molecule has 0 radical (unpaired) electrons. The molecule has 2 aliphatic carbocycles. The highest BCUT2D eigenvalue weighted by atomic mass is 35.5. The van der Waals surface area contributed by atoms with Crippen LogP contribution in [0.25, 0.3) is 6.08 Å². The van der Waals surface area contributed by atoms with Crippen molar-refractivity contribution in [1.82, 2.24) is 0 Å². The van der Waals surface area contributed by atoms with Crippen LogP contribution in [-0.2, 0) is 47.7 Å². The monoisotopic (exact) mass is 626 g/mol. The van der Waals surface area contributed by atoms with Crippen molar-refractivity contribution in [3.05, 3.63) is 88.2 Å². The van der Waals surface area contributed by atoms with E-state index in [-0.39, 0.29) is 12.0 Å². The quantitative estimate of drug-likeness (QED) is 0.261. The third-order valence-corrected chi connectivity index (χ3v) is 8.39. The molecule has 4 rings (SSSR count). The van der Waals surface area contributed by atoms with Crippen LogP contribution in [0.5, 0.6) is 0 Å². The first kappa shape index (κ1) is 32.4. The second-order valence-corrected chi connectivity index (χ2v) is 10.7. The van der Waals surface area contributed by atoms with Gasteiger partial charge in [0.25, 0.3) is 0 Å². The Hall–Kier alpha value is -4.48. The Bertz CT molecular complexity index is 1500. The number of hydrogen-bond donors (Lipinski definition) is 1. The predicted octanol–water partition coefficient (Wildman–Crippen LogP) is 3.24. The summed E-state index contributed by atoms with van der Waals surface area (Å²) in [5.41, 5.74) is -1.85. The average Bonchev–Trinajstić information content (AvgIpc) is 3.03. The van der Waals surface area contributed by atoms with Gasteiger partial charge in [-0.15, -0.1) is 0 Å². The number of benzene rings is 2. The number of halogens is 1. The van der Waals surface area contributed by atoms with Gasteiger partial charge in [0.05, 0.1) is 45.8 Å². The molecule has 44 heavy (non-hydrogen) atoms. The first-order chi connectivity index (χ1) is 21.0. The SMILES string of the molecule is COC(=O)C1=C(OC(=O)/C=C/c2ccc(Cl)cc2)C(C(=O)OC)[C@]2(O)[C@@H](C(=O)OC)[C@H]1C[C@@H](c1ccccc1)[C@@H]2C(=O)OC. The minimum atomic E-state index is -2.65. The first-order valence-corrected chi connectivity index (χ1v) is 13.9. The molecule has 11 nitrogen and oxygen atoms in total. The number of ether oxygens (including phenoxy) is 5. The molecule has 0 aromatic heterocycles. The van der Waals surface area contributed by atoms with Crippen LogP contribution in [0.3, 0.4) is 0 Å². The van der Waals surface area contributed by atoms with E-state index in [1.807, 2.05) is 0 Å². The van der Waals surface area contributed by atoms with Crippen LogP contribution < -0.4 is 0 Å². The number of carbonyl (C=O) groups is 5. The van der Waals surface area contributed by atoms with Crippen molar-refractivity contribution >= 4 is 47.5 Å². The summed E-state index contributed by atoms with van der Waals surface area (Å²) in [7, 11) is 4.24. The van der Waals surface area contributed by atoms with Gasteiger partial charge in [-0.05, 0) is 35.8 Å². The van der Waals surface area contributed by atoms with Gasteiger partial charge in [0.15, 0.2) is 0 Å². The van der Waals surface area contributed by atoms with Crippen LogP contribution in [-0.4, -0.2) is 69.0 Å². The Morgan fingerprint density at radius 3 is 1.91 bits per heavy atom. The number of methoxy groups -OCH3 is 4. The van der Waals surface area contributed by atoms with Gasteiger partial charge in [-0.1, -0.05) is 54.1 Å². The maximum absolute atomic E-state index is 13.6. The lowest BCUT2D eigenvalue weighted by Crippen LogP contribution is -2.68. The fraction of sp³-hybridized carbons (Fsp3) is 0.344. The van der Waals surface area contributed by atoms with Crippen LogP contribution in [0.1, 0.15) is 23.5 Å². The average molecular weight is 627 g/mol. The molecule has 0 aliphatic heterocycles. The van der Waals surface area contributed by atoms with Crippen molar-refractivity contribution in [3.8, 4) is 0 Å². The fourth-order valence-corrected chi connectivity index (χ4v) is 6.46. The summed E-state index contributed by atoms with van der Waals surface area (Å²) in [4.78, 5) is 67.1. The third kappa shape index (κ3) is 5.85.